The number of nitrogens with one attached hydrogen (secondary N) is 2. The molecule has 1 aliphatic rings. The number of hydrogen-bond acceptors (Lipinski definition) is 3. The van der Waals surface area contributed by atoms with E-state index >= 15 is 0 Å². The number of aromatic nitrogens is 1. The number of anilines is 1. The summed E-state index contributed by atoms with van der Waals surface area (Å²) in [7, 11) is 0. The first-order valence-electron chi connectivity index (χ1n) is 10.3. The van der Waals surface area contributed by atoms with Crippen molar-refractivity contribution in [2.75, 3.05) is 18.4 Å². The van der Waals surface area contributed by atoms with E-state index in [0.29, 0.717) is 19.6 Å². The molecule has 0 bridgehead atoms. The quantitative estimate of drug-likeness (QED) is 0.505. The predicted molar refractivity (Wildman–Crippen MR) is 120 cm³/mol. The number of carbonyl (C=O) groups excluding carboxylic acids is 1. The third-order valence-corrected chi connectivity index (χ3v) is 6.00. The van der Waals surface area contributed by atoms with E-state index in [1.807, 2.05) is 30.3 Å². The lowest BCUT2D eigenvalue weighted by molar-refractivity contribution is 0.0713. The van der Waals surface area contributed by atoms with E-state index in [-0.39, 0.29) is 33.5 Å². The van der Waals surface area contributed by atoms with Gasteiger partial charge in [-0.1, -0.05) is 54.7 Å². The SMILES string of the molecule is O=C(c1c[nH]c(=S)c(F)c1NCc1ccccc1)N1CCC(c2ccc(F)cc2)CC1. The molecule has 3 aromatic rings. The molecule has 160 valence electrons. The number of amides is 1. The van der Waals surface area contributed by atoms with E-state index in [1.54, 1.807) is 17.0 Å². The fourth-order valence-electron chi connectivity index (χ4n) is 3.95. The molecule has 0 spiro atoms. The zero-order chi connectivity index (χ0) is 21.8. The first kappa shape index (κ1) is 21.2. The number of carbonyl (C=O) groups is 1. The molecule has 4 nitrogen and oxygen atoms in total. The smallest absolute Gasteiger partial charge is 0.257 e. The van der Waals surface area contributed by atoms with Crippen LogP contribution in [0.25, 0.3) is 0 Å². The summed E-state index contributed by atoms with van der Waals surface area (Å²) in [6.45, 7) is 1.48. The Morgan fingerprint density at radius 1 is 1.06 bits per heavy atom. The van der Waals surface area contributed by atoms with Crippen LogP contribution in [0, 0.1) is 16.3 Å². The number of benzene rings is 2. The Bertz CT molecular complexity index is 1110. The third-order valence-electron chi connectivity index (χ3n) is 5.70. The monoisotopic (exact) mass is 439 g/mol. The van der Waals surface area contributed by atoms with Crippen LogP contribution in [-0.2, 0) is 6.54 Å². The summed E-state index contributed by atoms with van der Waals surface area (Å²) in [6.07, 6.45) is 3.03. The molecular weight excluding hydrogens is 416 g/mol. The lowest BCUT2D eigenvalue weighted by atomic mass is 9.89. The second kappa shape index (κ2) is 9.39. The largest absolute Gasteiger partial charge is 0.378 e. The van der Waals surface area contributed by atoms with Gasteiger partial charge in [-0.05, 0) is 42.0 Å². The minimum atomic E-state index is -0.627. The highest BCUT2D eigenvalue weighted by atomic mass is 32.1. The average molecular weight is 440 g/mol. The van der Waals surface area contributed by atoms with Crippen molar-refractivity contribution in [2.24, 2.45) is 0 Å². The van der Waals surface area contributed by atoms with Crippen LogP contribution in [-0.4, -0.2) is 28.9 Å². The molecule has 0 atom stereocenters. The molecule has 2 aromatic carbocycles. The number of aromatic amines is 1. The summed E-state index contributed by atoms with van der Waals surface area (Å²) >= 11 is 5.03. The van der Waals surface area contributed by atoms with Gasteiger partial charge in [0.25, 0.3) is 5.91 Å². The van der Waals surface area contributed by atoms with Crippen LogP contribution >= 0.6 is 12.2 Å². The van der Waals surface area contributed by atoms with Crippen LogP contribution in [0.1, 0.15) is 40.2 Å². The molecule has 1 aliphatic heterocycles. The van der Waals surface area contributed by atoms with Gasteiger partial charge in [0, 0.05) is 25.8 Å². The molecule has 0 unspecified atom stereocenters. The van der Waals surface area contributed by atoms with Crippen molar-refractivity contribution < 1.29 is 13.6 Å². The third kappa shape index (κ3) is 4.82. The minimum Gasteiger partial charge on any atom is -0.378 e. The number of pyridine rings is 1. The molecule has 0 saturated carbocycles. The van der Waals surface area contributed by atoms with Gasteiger partial charge >= 0.3 is 0 Å². The van der Waals surface area contributed by atoms with Gasteiger partial charge in [-0.3, -0.25) is 4.79 Å². The highest BCUT2D eigenvalue weighted by Gasteiger charge is 2.27. The fourth-order valence-corrected chi connectivity index (χ4v) is 4.12. The second-order valence-corrected chi connectivity index (χ2v) is 8.09. The zero-order valence-electron chi connectivity index (χ0n) is 16.9. The van der Waals surface area contributed by atoms with Crippen molar-refractivity contribution in [3.63, 3.8) is 0 Å². The van der Waals surface area contributed by atoms with Gasteiger partial charge in [-0.15, -0.1) is 0 Å². The normalized spacial score (nSPS) is 14.5. The molecule has 7 heteroatoms. The van der Waals surface area contributed by atoms with Crippen molar-refractivity contribution in [1.29, 1.82) is 0 Å². The Hall–Kier alpha value is -3.06. The lowest BCUT2D eigenvalue weighted by Gasteiger charge is -2.32. The molecule has 0 radical (unpaired) electrons. The number of halogens is 2. The summed E-state index contributed by atoms with van der Waals surface area (Å²) in [5.74, 6) is -0.842. The van der Waals surface area contributed by atoms with Gasteiger partial charge in [0.15, 0.2) is 5.82 Å². The van der Waals surface area contributed by atoms with Gasteiger partial charge in [0.1, 0.15) is 10.5 Å². The molecule has 1 saturated heterocycles. The number of rotatable bonds is 5. The molecule has 2 heterocycles. The lowest BCUT2D eigenvalue weighted by Crippen LogP contribution is -2.38. The molecule has 4 rings (SSSR count). The highest BCUT2D eigenvalue weighted by molar-refractivity contribution is 7.71. The Morgan fingerprint density at radius 3 is 2.42 bits per heavy atom. The van der Waals surface area contributed by atoms with E-state index in [9.17, 15) is 13.6 Å². The first-order valence-corrected chi connectivity index (χ1v) is 10.7. The van der Waals surface area contributed by atoms with Crippen LogP contribution in [0.2, 0.25) is 0 Å². The Morgan fingerprint density at radius 2 is 1.74 bits per heavy atom. The van der Waals surface area contributed by atoms with Gasteiger partial charge in [0.2, 0.25) is 0 Å². The number of nitrogens with zero attached hydrogens (tertiary/aromatic N) is 1. The van der Waals surface area contributed by atoms with Crippen molar-refractivity contribution in [1.82, 2.24) is 9.88 Å². The van der Waals surface area contributed by atoms with E-state index in [4.69, 9.17) is 12.2 Å². The van der Waals surface area contributed by atoms with Crippen LogP contribution in [0.15, 0.2) is 60.8 Å². The van der Waals surface area contributed by atoms with E-state index < -0.39 is 5.82 Å². The Balaban J connectivity index is 1.48. The van der Waals surface area contributed by atoms with E-state index in [1.165, 1.54) is 18.3 Å². The number of hydrogen-bond donors (Lipinski definition) is 2. The zero-order valence-corrected chi connectivity index (χ0v) is 17.7. The maximum atomic E-state index is 14.8. The molecule has 1 fully saturated rings. The number of H-pyrrole nitrogens is 1. The fraction of sp³-hybridized carbons (Fsp3) is 0.250. The molecular formula is C24H23F2N3OS. The molecule has 1 aromatic heterocycles. The van der Waals surface area contributed by atoms with E-state index in [0.717, 1.165) is 24.0 Å². The highest BCUT2D eigenvalue weighted by Crippen LogP contribution is 2.30. The Labute approximate surface area is 184 Å². The maximum absolute atomic E-state index is 14.8. The average Bonchev–Trinajstić information content (AvgIpc) is 2.81. The minimum absolute atomic E-state index is 0.0397. The van der Waals surface area contributed by atoms with Crippen molar-refractivity contribution in [3.8, 4) is 0 Å². The van der Waals surface area contributed by atoms with Crippen molar-refractivity contribution in [2.45, 2.75) is 25.3 Å². The molecule has 0 aliphatic carbocycles. The maximum Gasteiger partial charge on any atom is 0.257 e. The van der Waals surface area contributed by atoms with Crippen LogP contribution in [0.4, 0.5) is 14.5 Å². The number of likely N-dealkylation sites (tertiary alicyclic amines) is 1. The first-order chi connectivity index (χ1) is 15.0. The molecule has 31 heavy (non-hydrogen) atoms. The summed E-state index contributed by atoms with van der Waals surface area (Å²) < 4.78 is 27.9. The summed E-state index contributed by atoms with van der Waals surface area (Å²) in [4.78, 5) is 17.6. The molecule has 1 amide bonds. The summed E-state index contributed by atoms with van der Waals surface area (Å²) in [6, 6.07) is 16.1. The van der Waals surface area contributed by atoms with Gasteiger partial charge < -0.3 is 15.2 Å². The molecule has 2 N–H and O–H groups in total. The van der Waals surface area contributed by atoms with Gasteiger partial charge in [-0.2, -0.15) is 0 Å². The second-order valence-electron chi connectivity index (χ2n) is 7.68. The van der Waals surface area contributed by atoms with E-state index in [2.05, 4.69) is 10.3 Å². The van der Waals surface area contributed by atoms with Crippen LogP contribution in [0.5, 0.6) is 0 Å². The standard InChI is InChI=1S/C24H23F2N3OS/c25-19-8-6-17(7-9-19)18-10-12-29(13-11-18)24(30)20-15-28-23(31)21(26)22(20)27-14-16-4-2-1-3-5-16/h1-9,15,18H,10-14H2,(H2,27,28,31). The van der Waals surface area contributed by atoms with Crippen molar-refractivity contribution >= 4 is 23.8 Å². The topological polar surface area (TPSA) is 48.1 Å². The van der Waals surface area contributed by atoms with Crippen molar-refractivity contribution in [3.05, 3.63) is 93.8 Å². The van der Waals surface area contributed by atoms with Gasteiger partial charge in [-0.25, -0.2) is 8.78 Å². The predicted octanol–water partition coefficient (Wildman–Crippen LogP) is 5.65. The van der Waals surface area contributed by atoms with Crippen LogP contribution < -0.4 is 5.32 Å². The summed E-state index contributed by atoms with van der Waals surface area (Å²) in [5, 5.41) is 3.05. The summed E-state index contributed by atoms with van der Waals surface area (Å²) in [5.41, 5.74) is 2.41. The van der Waals surface area contributed by atoms with Crippen LogP contribution in [0.3, 0.4) is 0 Å². The Kier molecular flexibility index (Phi) is 6.42. The number of piperidine rings is 1. The van der Waals surface area contributed by atoms with Gasteiger partial charge in [0.05, 0.1) is 11.3 Å².